The van der Waals surface area contributed by atoms with E-state index in [-0.39, 0.29) is 63.0 Å². The summed E-state index contributed by atoms with van der Waals surface area (Å²) < 4.78 is 42.7. The van der Waals surface area contributed by atoms with Crippen molar-refractivity contribution in [3.63, 3.8) is 0 Å². The van der Waals surface area contributed by atoms with Crippen molar-refractivity contribution in [3.8, 4) is 11.5 Å². The minimum absolute atomic E-state index is 0.00945. The molecule has 0 saturated carbocycles. The van der Waals surface area contributed by atoms with Crippen LogP contribution in [0.2, 0.25) is 0 Å². The van der Waals surface area contributed by atoms with E-state index >= 15 is 0 Å². The number of rotatable bonds is 51. The summed E-state index contributed by atoms with van der Waals surface area (Å²) in [6.45, 7) is 8.50. The van der Waals surface area contributed by atoms with Crippen LogP contribution in [0.1, 0.15) is 249 Å². The molecule has 1 fully saturated rings. The number of ether oxygens (including phenoxy) is 7. The first-order valence-corrected chi connectivity index (χ1v) is 33.9. The van der Waals surface area contributed by atoms with Crippen molar-refractivity contribution in [1.29, 1.82) is 0 Å². The summed E-state index contributed by atoms with van der Waals surface area (Å²) in [5.41, 5.74) is 1.47. The molecule has 14 nitrogen and oxygen atoms in total. The van der Waals surface area contributed by atoms with Crippen LogP contribution in [0.3, 0.4) is 0 Å². The average Bonchev–Trinajstić information content (AvgIpc) is 1.03. The molecule has 1 saturated heterocycles. The van der Waals surface area contributed by atoms with Crippen LogP contribution in [0.25, 0.3) is 0 Å². The van der Waals surface area contributed by atoms with E-state index in [9.17, 15) is 19.2 Å². The SMILES string of the molecule is CCCCCCCCCCCCCCCOC(COC(=O)NCCCCCC(=O)N1C[C@H](OC(=O)CCC(=O)NC)C[C@H]1COC(c1ccccc1)(c1ccc(OC)cc1)c1ccc(OC)cc1)COC(C)CCCCCCCCCCCCCC. The maximum Gasteiger partial charge on any atom is 0.407 e. The lowest BCUT2D eigenvalue weighted by Crippen LogP contribution is -2.42. The third-order valence-electron chi connectivity index (χ3n) is 16.9. The van der Waals surface area contributed by atoms with Gasteiger partial charge in [-0.1, -0.05) is 229 Å². The zero-order valence-corrected chi connectivity index (χ0v) is 54.3. The number of nitrogens with one attached hydrogen (secondary N) is 2. The van der Waals surface area contributed by atoms with Crippen LogP contribution in [0.4, 0.5) is 4.79 Å². The van der Waals surface area contributed by atoms with E-state index in [1.807, 2.05) is 78.9 Å². The Bertz CT molecular complexity index is 2160. The molecule has 484 valence electrons. The molecule has 4 rings (SSSR count). The molecule has 1 heterocycles. The van der Waals surface area contributed by atoms with Crippen molar-refractivity contribution in [3.05, 3.63) is 95.6 Å². The van der Waals surface area contributed by atoms with Gasteiger partial charge in [0.1, 0.15) is 35.9 Å². The van der Waals surface area contributed by atoms with Crippen molar-refractivity contribution in [2.24, 2.45) is 0 Å². The van der Waals surface area contributed by atoms with Gasteiger partial charge in [-0.25, -0.2) is 4.79 Å². The smallest absolute Gasteiger partial charge is 0.407 e. The van der Waals surface area contributed by atoms with Gasteiger partial charge in [-0.15, -0.1) is 0 Å². The normalized spacial score (nSPS) is 14.8. The van der Waals surface area contributed by atoms with Crippen LogP contribution in [-0.2, 0) is 43.7 Å². The van der Waals surface area contributed by atoms with Gasteiger partial charge in [0.15, 0.2) is 0 Å². The highest BCUT2D eigenvalue weighted by atomic mass is 16.6. The number of nitrogens with zero attached hydrogens (tertiary/aromatic N) is 1. The lowest BCUT2D eigenvalue weighted by atomic mass is 9.80. The van der Waals surface area contributed by atoms with Gasteiger partial charge in [-0.2, -0.15) is 0 Å². The highest BCUT2D eigenvalue weighted by molar-refractivity contribution is 5.81. The van der Waals surface area contributed by atoms with E-state index in [2.05, 4.69) is 31.4 Å². The number of hydrogen-bond donors (Lipinski definition) is 2. The second kappa shape index (κ2) is 46.0. The number of benzene rings is 3. The molecule has 1 aliphatic heterocycles. The van der Waals surface area contributed by atoms with Gasteiger partial charge in [0.05, 0.1) is 52.5 Å². The standard InChI is InChI=1S/C72H115N3O11/c1-7-9-11-13-15-17-19-21-23-25-27-29-37-53-82-67(57-83-59(3)38-32-28-26-24-22-20-18-16-14-12-10-8-2)58-84-71(79)74-52-36-31-35-41-69(77)75-55-66(86-70(78)51-50-68(76)73-4)54-63(75)56-85-72(60-39-33-30-34-40-60,61-42-46-64(80-5)47-43-61)62-44-48-65(81-6)49-45-62/h30,33-34,39-40,42-49,59,63,66-67H,7-29,31-32,35-38,41,50-58H2,1-6H3,(H,73,76)(H,74,79)/t59?,63-,66+,67?/m0/s1. The number of likely N-dealkylation sites (tertiary alicyclic amines) is 1. The van der Waals surface area contributed by atoms with Crippen LogP contribution < -0.4 is 20.1 Å². The van der Waals surface area contributed by atoms with Crippen molar-refractivity contribution in [2.45, 2.75) is 263 Å². The number of methoxy groups -OCH3 is 2. The Balaban J connectivity index is 1.28. The van der Waals surface area contributed by atoms with Crippen molar-refractivity contribution in [1.82, 2.24) is 15.5 Å². The summed E-state index contributed by atoms with van der Waals surface area (Å²) in [6, 6.07) is 25.1. The largest absolute Gasteiger partial charge is 0.497 e. The zero-order chi connectivity index (χ0) is 61.7. The Morgan fingerprint density at radius 1 is 0.570 bits per heavy atom. The van der Waals surface area contributed by atoms with Gasteiger partial charge in [0, 0.05) is 39.5 Å². The Hall–Kier alpha value is -5.18. The highest BCUT2D eigenvalue weighted by Crippen LogP contribution is 2.42. The van der Waals surface area contributed by atoms with Gasteiger partial charge >= 0.3 is 12.1 Å². The van der Waals surface area contributed by atoms with Gasteiger partial charge in [0.2, 0.25) is 11.8 Å². The van der Waals surface area contributed by atoms with E-state index < -0.39 is 29.8 Å². The average molecular weight is 1200 g/mol. The molecule has 2 unspecified atom stereocenters. The van der Waals surface area contributed by atoms with E-state index in [4.69, 9.17) is 33.2 Å². The van der Waals surface area contributed by atoms with Gasteiger partial charge < -0.3 is 48.7 Å². The third kappa shape index (κ3) is 29.7. The van der Waals surface area contributed by atoms with E-state index in [1.54, 1.807) is 19.1 Å². The van der Waals surface area contributed by atoms with Gasteiger partial charge in [-0.05, 0) is 73.6 Å². The summed E-state index contributed by atoms with van der Waals surface area (Å²) in [4.78, 5) is 54.2. The Labute approximate surface area is 520 Å². The predicted molar refractivity (Wildman–Crippen MR) is 346 cm³/mol. The fraction of sp³-hybridized carbons (Fsp3) is 0.694. The molecule has 3 amide bonds. The Morgan fingerprint density at radius 2 is 1.07 bits per heavy atom. The van der Waals surface area contributed by atoms with Crippen molar-refractivity contribution in [2.75, 3.05) is 60.8 Å². The lowest BCUT2D eigenvalue weighted by molar-refractivity contribution is -0.150. The number of esters is 1. The Kier molecular flexibility index (Phi) is 39.2. The van der Waals surface area contributed by atoms with E-state index in [0.717, 1.165) is 42.4 Å². The third-order valence-corrected chi connectivity index (χ3v) is 16.9. The summed E-state index contributed by atoms with van der Waals surface area (Å²) in [6.07, 6.45) is 34.8. The molecule has 86 heavy (non-hydrogen) atoms. The number of carbonyl (C=O) groups is 4. The molecular formula is C72H115N3O11. The monoisotopic (exact) mass is 1200 g/mol. The quantitative estimate of drug-likeness (QED) is 0.0315. The molecule has 0 bridgehead atoms. The molecular weight excluding hydrogens is 1080 g/mol. The minimum Gasteiger partial charge on any atom is -0.497 e. The highest BCUT2D eigenvalue weighted by Gasteiger charge is 2.42. The van der Waals surface area contributed by atoms with Crippen LogP contribution in [0.5, 0.6) is 11.5 Å². The fourth-order valence-corrected chi connectivity index (χ4v) is 11.6. The maximum atomic E-state index is 14.3. The van der Waals surface area contributed by atoms with Crippen LogP contribution in [0.15, 0.2) is 78.9 Å². The van der Waals surface area contributed by atoms with Crippen molar-refractivity contribution >= 4 is 23.9 Å². The van der Waals surface area contributed by atoms with Gasteiger partial charge in [0.25, 0.3) is 0 Å². The molecule has 3 aromatic rings. The van der Waals surface area contributed by atoms with E-state index in [1.165, 1.54) is 148 Å². The second-order valence-electron chi connectivity index (χ2n) is 23.9. The molecule has 0 aliphatic carbocycles. The summed E-state index contributed by atoms with van der Waals surface area (Å²) in [5, 5.41) is 5.46. The second-order valence-corrected chi connectivity index (χ2v) is 23.9. The number of unbranched alkanes of at least 4 members (excludes halogenated alkanes) is 25. The minimum atomic E-state index is -1.12. The zero-order valence-electron chi connectivity index (χ0n) is 54.3. The first-order valence-electron chi connectivity index (χ1n) is 33.9. The topological polar surface area (TPSA) is 160 Å². The fourth-order valence-electron chi connectivity index (χ4n) is 11.6. The van der Waals surface area contributed by atoms with Crippen LogP contribution in [0, 0.1) is 0 Å². The number of alkyl carbamates (subject to hydrolysis) is 1. The first-order chi connectivity index (χ1) is 42.1. The molecule has 2 N–H and O–H groups in total. The summed E-state index contributed by atoms with van der Waals surface area (Å²) in [5.74, 6) is 0.571. The molecule has 1 aliphatic rings. The molecule has 0 spiro atoms. The first kappa shape index (κ1) is 73.3. The van der Waals surface area contributed by atoms with Crippen molar-refractivity contribution < 1.29 is 52.3 Å². The molecule has 4 atom stereocenters. The Morgan fingerprint density at radius 3 is 1.59 bits per heavy atom. The van der Waals surface area contributed by atoms with Crippen LogP contribution >= 0.6 is 0 Å². The number of amides is 3. The van der Waals surface area contributed by atoms with Gasteiger partial charge in [-0.3, -0.25) is 14.4 Å². The number of carbonyl (C=O) groups excluding carboxylic acids is 4. The molecule has 0 aromatic heterocycles. The van der Waals surface area contributed by atoms with E-state index in [0.29, 0.717) is 56.9 Å². The summed E-state index contributed by atoms with van der Waals surface area (Å²) >= 11 is 0. The predicted octanol–water partition coefficient (Wildman–Crippen LogP) is 16.3. The van der Waals surface area contributed by atoms with Crippen LogP contribution in [-0.4, -0.2) is 114 Å². The molecule has 14 heteroatoms. The molecule has 3 aromatic carbocycles. The summed E-state index contributed by atoms with van der Waals surface area (Å²) in [7, 11) is 4.79. The lowest BCUT2D eigenvalue weighted by Gasteiger charge is -2.38. The number of hydrogen-bond acceptors (Lipinski definition) is 11. The molecule has 0 radical (unpaired) electrons. The maximum absolute atomic E-state index is 14.3.